The quantitative estimate of drug-likeness (QED) is 0.170. The Labute approximate surface area is 413 Å². The van der Waals surface area contributed by atoms with Crippen molar-refractivity contribution in [2.24, 2.45) is 0 Å². The summed E-state index contributed by atoms with van der Waals surface area (Å²) in [5, 5.41) is 2.51. The van der Waals surface area contributed by atoms with Gasteiger partial charge in [0.15, 0.2) is 0 Å². The van der Waals surface area contributed by atoms with Crippen LogP contribution in [0.25, 0.3) is 55.3 Å². The van der Waals surface area contributed by atoms with E-state index in [1.54, 1.807) is 0 Å². The number of fused-ring (bicyclic) bond motifs is 15. The minimum atomic E-state index is -0.683. The lowest BCUT2D eigenvalue weighted by Crippen LogP contribution is -2.36. The van der Waals surface area contributed by atoms with E-state index in [2.05, 4.69) is 281 Å². The molecule has 0 fully saturated rings. The summed E-state index contributed by atoms with van der Waals surface area (Å²) in [7, 11) is 0. The monoisotopic (exact) mass is 903 g/mol. The number of para-hydroxylation sites is 6. The summed E-state index contributed by atoms with van der Waals surface area (Å²) in [5.74, 6) is 0.0443. The van der Waals surface area contributed by atoms with Crippen LogP contribution in [0, 0.1) is 0 Å². The first-order chi connectivity index (χ1) is 35.2. The first-order valence-corrected chi connectivity index (χ1v) is 24.7. The molecule has 11 aromatic rings. The summed E-state index contributed by atoms with van der Waals surface area (Å²) in [6, 6.07) is 91.9. The summed E-state index contributed by atoms with van der Waals surface area (Å²) in [4.78, 5) is 4.98. The SMILES string of the molecule is C1=C2C(=CC3=CC1c1ccccc1N3c1ccc(-c3ccc(-c4ccccc4)cc3)cc1)C1(c3cc4c(cc32)c2ccccc2n4-c2ccccc2)c2ccccc2N(c2ccccc2)c2ccccc21. The van der Waals surface area contributed by atoms with Crippen LogP contribution in [0.2, 0.25) is 0 Å². The van der Waals surface area contributed by atoms with Gasteiger partial charge in [0.05, 0.1) is 33.5 Å². The molecule has 3 heterocycles. The molecule has 0 saturated carbocycles. The molecule has 2 bridgehead atoms. The highest BCUT2D eigenvalue weighted by Crippen LogP contribution is 2.66. The second kappa shape index (κ2) is 15.4. The van der Waals surface area contributed by atoms with Crippen LogP contribution in [0.1, 0.15) is 33.7 Å². The van der Waals surface area contributed by atoms with Gasteiger partial charge in [-0.15, -0.1) is 0 Å². The molecule has 1 atom stereocenters. The fourth-order valence-corrected chi connectivity index (χ4v) is 12.6. The molecule has 0 N–H and O–H groups in total. The molecule has 15 rings (SSSR count). The van der Waals surface area contributed by atoms with E-state index >= 15 is 0 Å². The van der Waals surface area contributed by atoms with Crippen molar-refractivity contribution in [3.05, 3.63) is 306 Å². The van der Waals surface area contributed by atoms with Gasteiger partial charge in [-0.3, -0.25) is 0 Å². The Morgan fingerprint density at radius 3 is 1.55 bits per heavy atom. The molecular formula is C68H45N3. The zero-order chi connectivity index (χ0) is 46.6. The molecule has 332 valence electrons. The Hall–Kier alpha value is -9.18. The topological polar surface area (TPSA) is 11.4 Å². The number of anilines is 5. The molecule has 1 aromatic heterocycles. The maximum Gasteiger partial charge on any atom is 0.0755 e. The third-order valence-corrected chi connectivity index (χ3v) is 15.6. The Morgan fingerprint density at radius 1 is 0.352 bits per heavy atom. The summed E-state index contributed by atoms with van der Waals surface area (Å²) in [5.41, 5.74) is 23.7. The number of rotatable bonds is 5. The van der Waals surface area contributed by atoms with E-state index in [4.69, 9.17) is 0 Å². The molecule has 3 nitrogen and oxygen atoms in total. The van der Waals surface area contributed by atoms with Crippen molar-refractivity contribution >= 4 is 55.8 Å². The highest BCUT2D eigenvalue weighted by molar-refractivity contribution is 6.13. The fourth-order valence-electron chi connectivity index (χ4n) is 12.6. The van der Waals surface area contributed by atoms with Crippen molar-refractivity contribution in [3.8, 4) is 27.9 Å². The van der Waals surface area contributed by atoms with E-state index in [-0.39, 0.29) is 5.92 Å². The fraction of sp³-hybridized carbons (Fsp3) is 0.0294. The molecule has 1 unspecified atom stereocenters. The molecule has 0 radical (unpaired) electrons. The zero-order valence-electron chi connectivity index (χ0n) is 38.8. The maximum absolute atomic E-state index is 2.59. The van der Waals surface area contributed by atoms with Crippen LogP contribution in [0.5, 0.6) is 0 Å². The largest absolute Gasteiger partial charge is 0.310 e. The number of allylic oxidation sites excluding steroid dienone is 5. The molecule has 1 spiro atoms. The first-order valence-electron chi connectivity index (χ1n) is 24.7. The van der Waals surface area contributed by atoms with Gasteiger partial charge in [0.2, 0.25) is 0 Å². The highest BCUT2D eigenvalue weighted by Gasteiger charge is 2.54. The Balaban J connectivity index is 0.983. The second-order valence-corrected chi connectivity index (χ2v) is 19.2. The van der Waals surface area contributed by atoms with E-state index < -0.39 is 5.41 Å². The normalized spacial score (nSPS) is 15.8. The minimum Gasteiger partial charge on any atom is -0.310 e. The van der Waals surface area contributed by atoms with Crippen LogP contribution in [0.3, 0.4) is 0 Å². The van der Waals surface area contributed by atoms with E-state index in [9.17, 15) is 0 Å². The van der Waals surface area contributed by atoms with Gasteiger partial charge in [0.25, 0.3) is 0 Å². The number of aromatic nitrogens is 1. The van der Waals surface area contributed by atoms with E-state index in [1.807, 2.05) is 0 Å². The van der Waals surface area contributed by atoms with Gasteiger partial charge < -0.3 is 14.4 Å². The molecule has 2 aliphatic heterocycles. The second-order valence-electron chi connectivity index (χ2n) is 19.2. The predicted octanol–water partition coefficient (Wildman–Crippen LogP) is 17.4. The summed E-state index contributed by atoms with van der Waals surface area (Å²) in [6.07, 6.45) is 7.64. The number of hydrogen-bond donors (Lipinski definition) is 0. The Kier molecular flexibility index (Phi) is 8.64. The van der Waals surface area contributed by atoms with Gasteiger partial charge in [-0.05, 0) is 146 Å². The highest BCUT2D eigenvalue weighted by atomic mass is 15.2. The molecule has 3 heteroatoms. The van der Waals surface area contributed by atoms with Crippen LogP contribution < -0.4 is 9.80 Å². The van der Waals surface area contributed by atoms with Crippen molar-refractivity contribution in [2.75, 3.05) is 9.80 Å². The first kappa shape index (κ1) is 39.8. The van der Waals surface area contributed by atoms with Crippen molar-refractivity contribution in [3.63, 3.8) is 0 Å². The molecule has 10 aromatic carbocycles. The van der Waals surface area contributed by atoms with Crippen LogP contribution in [-0.4, -0.2) is 4.57 Å². The lowest BCUT2D eigenvalue weighted by atomic mass is 9.64. The smallest absolute Gasteiger partial charge is 0.0755 e. The zero-order valence-corrected chi connectivity index (χ0v) is 38.8. The average molecular weight is 904 g/mol. The maximum atomic E-state index is 2.59. The van der Waals surface area contributed by atoms with Gasteiger partial charge in [-0.2, -0.15) is 0 Å². The molecular weight excluding hydrogens is 859 g/mol. The van der Waals surface area contributed by atoms with Crippen LogP contribution in [0.15, 0.2) is 278 Å². The molecule has 0 saturated heterocycles. The van der Waals surface area contributed by atoms with Gasteiger partial charge in [-0.25, -0.2) is 0 Å². The lowest BCUT2D eigenvalue weighted by Gasteiger charge is -2.45. The molecule has 0 amide bonds. The summed E-state index contributed by atoms with van der Waals surface area (Å²) in [6.45, 7) is 0. The predicted molar refractivity (Wildman–Crippen MR) is 295 cm³/mol. The standard InChI is InChI=1S/C68H45N3/c1-4-18-45(19-5-1)46-32-34-47(35-33-46)48-36-38-52(39-37-48)69-53-40-49(54-24-10-14-28-63(54)69)41-56-57-43-58-55-25-11-15-29-64(55)70(50-20-6-2-7-21-50)67(58)44-62(57)68(61(56)42-53)59-26-12-16-30-65(59)71(51-22-8-3-9-23-51)66-31-17-13-27-60(66)68/h1-44,49H. The number of hydrogen-bond acceptors (Lipinski definition) is 2. The lowest BCUT2D eigenvalue weighted by molar-refractivity contribution is 0.753. The van der Waals surface area contributed by atoms with Crippen LogP contribution in [0.4, 0.5) is 28.4 Å². The Morgan fingerprint density at radius 2 is 0.873 bits per heavy atom. The van der Waals surface area contributed by atoms with E-state index in [1.165, 1.54) is 106 Å². The van der Waals surface area contributed by atoms with E-state index in [0.717, 1.165) is 17.1 Å². The Bertz CT molecular complexity index is 3980. The molecule has 71 heavy (non-hydrogen) atoms. The van der Waals surface area contributed by atoms with Crippen molar-refractivity contribution in [1.82, 2.24) is 4.57 Å². The van der Waals surface area contributed by atoms with Crippen molar-refractivity contribution in [1.29, 1.82) is 0 Å². The van der Waals surface area contributed by atoms with Gasteiger partial charge in [0, 0.05) is 39.4 Å². The molecule has 2 aliphatic carbocycles. The molecule has 4 aliphatic rings. The number of benzene rings is 10. The van der Waals surface area contributed by atoms with E-state index in [0.29, 0.717) is 0 Å². The van der Waals surface area contributed by atoms with Gasteiger partial charge in [-0.1, -0.05) is 182 Å². The van der Waals surface area contributed by atoms with Gasteiger partial charge in [0.1, 0.15) is 0 Å². The summed E-state index contributed by atoms with van der Waals surface area (Å²) < 4.78 is 2.48. The van der Waals surface area contributed by atoms with Crippen molar-refractivity contribution in [2.45, 2.75) is 11.3 Å². The van der Waals surface area contributed by atoms with Crippen LogP contribution >= 0.6 is 0 Å². The minimum absolute atomic E-state index is 0.0443. The average Bonchev–Trinajstić information content (AvgIpc) is 3.84. The van der Waals surface area contributed by atoms with Crippen LogP contribution in [-0.2, 0) is 5.41 Å². The number of nitrogens with zero attached hydrogens (tertiary/aromatic N) is 3. The third kappa shape index (κ3) is 5.78. The van der Waals surface area contributed by atoms with Gasteiger partial charge >= 0.3 is 0 Å². The summed E-state index contributed by atoms with van der Waals surface area (Å²) >= 11 is 0. The third-order valence-electron chi connectivity index (χ3n) is 15.6. The van der Waals surface area contributed by atoms with Crippen molar-refractivity contribution < 1.29 is 0 Å².